The van der Waals surface area contributed by atoms with Crippen molar-refractivity contribution in [2.75, 3.05) is 45.2 Å². The molecular formula is C23H31F3N8. The van der Waals surface area contributed by atoms with Gasteiger partial charge in [-0.15, -0.1) is 0 Å². The summed E-state index contributed by atoms with van der Waals surface area (Å²) in [5.41, 5.74) is 1.33. The number of halogens is 3. The van der Waals surface area contributed by atoms with Gasteiger partial charge in [0.15, 0.2) is 5.82 Å². The first-order valence-electron chi connectivity index (χ1n) is 11.4. The largest absolute Gasteiger partial charge is 0.417 e. The highest BCUT2D eigenvalue weighted by atomic mass is 19.4. The summed E-state index contributed by atoms with van der Waals surface area (Å²) < 4.78 is 42.3. The van der Waals surface area contributed by atoms with Gasteiger partial charge >= 0.3 is 6.18 Å². The number of piperazine rings is 1. The van der Waals surface area contributed by atoms with E-state index in [1.54, 1.807) is 0 Å². The minimum absolute atomic E-state index is 0.128. The van der Waals surface area contributed by atoms with E-state index in [4.69, 9.17) is 0 Å². The van der Waals surface area contributed by atoms with Gasteiger partial charge in [-0.2, -0.15) is 23.4 Å². The van der Waals surface area contributed by atoms with E-state index in [1.165, 1.54) is 6.07 Å². The number of rotatable bonds is 7. The van der Waals surface area contributed by atoms with Crippen molar-refractivity contribution in [1.29, 1.82) is 0 Å². The summed E-state index contributed by atoms with van der Waals surface area (Å²) in [5.74, 6) is 1.52. The van der Waals surface area contributed by atoms with Crippen LogP contribution >= 0.6 is 0 Å². The number of nitrogens with zero attached hydrogens (tertiary/aromatic N) is 8. The summed E-state index contributed by atoms with van der Waals surface area (Å²) in [6.45, 7) is 8.74. The highest BCUT2D eigenvalue weighted by molar-refractivity contribution is 5.41. The number of anilines is 1. The molecule has 1 aliphatic rings. The fourth-order valence-electron chi connectivity index (χ4n) is 4.24. The van der Waals surface area contributed by atoms with Crippen LogP contribution in [0.4, 0.5) is 19.0 Å². The van der Waals surface area contributed by atoms with Crippen LogP contribution < -0.4 is 4.90 Å². The molecular weight excluding hydrogens is 445 g/mol. The van der Waals surface area contributed by atoms with E-state index < -0.39 is 11.7 Å². The van der Waals surface area contributed by atoms with Crippen LogP contribution in [-0.4, -0.2) is 80.7 Å². The topological polar surface area (TPSA) is 58.2 Å². The zero-order valence-electron chi connectivity index (χ0n) is 20.0. The molecule has 34 heavy (non-hydrogen) atoms. The number of aromatic nitrogens is 5. The van der Waals surface area contributed by atoms with E-state index in [0.717, 1.165) is 62.1 Å². The van der Waals surface area contributed by atoms with E-state index in [9.17, 15) is 13.2 Å². The molecule has 1 unspecified atom stereocenters. The second-order valence-electron chi connectivity index (χ2n) is 9.14. The zero-order valence-corrected chi connectivity index (χ0v) is 20.0. The van der Waals surface area contributed by atoms with Crippen LogP contribution in [-0.2, 0) is 19.3 Å². The van der Waals surface area contributed by atoms with Gasteiger partial charge in [-0.05, 0) is 40.1 Å². The average Bonchev–Trinajstić information content (AvgIpc) is 3.38. The summed E-state index contributed by atoms with van der Waals surface area (Å²) in [6, 6.07) is 4.72. The third kappa shape index (κ3) is 5.58. The predicted molar refractivity (Wildman–Crippen MR) is 124 cm³/mol. The van der Waals surface area contributed by atoms with Crippen LogP contribution in [0, 0.1) is 6.92 Å². The Hall–Kier alpha value is -2.92. The molecule has 184 valence electrons. The summed E-state index contributed by atoms with van der Waals surface area (Å²) in [7, 11) is 4.08. The minimum Gasteiger partial charge on any atom is -0.351 e. The molecule has 3 aromatic rings. The average molecular weight is 477 g/mol. The molecule has 0 saturated carbocycles. The van der Waals surface area contributed by atoms with E-state index in [1.807, 2.05) is 48.8 Å². The number of alkyl halides is 3. The summed E-state index contributed by atoms with van der Waals surface area (Å²) in [6.07, 6.45) is 0.459. The number of hydrogen-bond acceptors (Lipinski definition) is 6. The fourth-order valence-corrected chi connectivity index (χ4v) is 4.24. The molecule has 0 aliphatic carbocycles. The summed E-state index contributed by atoms with van der Waals surface area (Å²) in [4.78, 5) is 10.6. The van der Waals surface area contributed by atoms with Crippen molar-refractivity contribution in [1.82, 2.24) is 34.3 Å². The Labute approximate surface area is 197 Å². The first-order valence-corrected chi connectivity index (χ1v) is 11.4. The Morgan fingerprint density at radius 2 is 1.94 bits per heavy atom. The first-order chi connectivity index (χ1) is 16.1. The molecule has 3 aromatic heterocycles. The second kappa shape index (κ2) is 9.75. The minimum atomic E-state index is -4.37. The quantitative estimate of drug-likeness (QED) is 0.523. The van der Waals surface area contributed by atoms with Crippen LogP contribution in [0.1, 0.15) is 23.7 Å². The molecule has 1 saturated heterocycles. The summed E-state index contributed by atoms with van der Waals surface area (Å²) >= 11 is 0. The summed E-state index contributed by atoms with van der Waals surface area (Å²) in [5, 5.41) is 9.16. The molecule has 1 atom stereocenters. The maximum Gasteiger partial charge on any atom is 0.417 e. The van der Waals surface area contributed by atoms with Crippen LogP contribution in [0.2, 0.25) is 0 Å². The molecule has 0 amide bonds. The molecule has 1 fully saturated rings. The lowest BCUT2D eigenvalue weighted by molar-refractivity contribution is -0.137. The second-order valence-corrected chi connectivity index (χ2v) is 9.14. The standard InChI is InChI=1S/C23H31F3N8/c1-17-11-22(33(29-17)10-7-30(3)4)34-16-19(12-28-34)15-31-8-9-32(18(2)14-31)21-6-5-20(13-27-21)23(24,25)26/h5-6,11-13,16,18H,7-10,14-15H2,1-4H3. The van der Waals surface area contributed by atoms with Crippen molar-refractivity contribution in [3.05, 3.63) is 53.6 Å². The van der Waals surface area contributed by atoms with Crippen molar-refractivity contribution >= 4 is 5.82 Å². The van der Waals surface area contributed by atoms with Gasteiger partial charge in [-0.3, -0.25) is 4.90 Å². The lowest BCUT2D eigenvalue weighted by atomic mass is 10.1. The number of aryl methyl sites for hydroxylation is 1. The molecule has 0 aromatic carbocycles. The molecule has 8 nitrogen and oxygen atoms in total. The smallest absolute Gasteiger partial charge is 0.351 e. The molecule has 4 heterocycles. The number of pyridine rings is 1. The molecule has 1 aliphatic heterocycles. The Balaban J connectivity index is 1.38. The Morgan fingerprint density at radius 3 is 2.59 bits per heavy atom. The van der Waals surface area contributed by atoms with E-state index in [-0.39, 0.29) is 6.04 Å². The first kappa shape index (κ1) is 24.2. The van der Waals surface area contributed by atoms with Crippen molar-refractivity contribution in [3.8, 4) is 5.82 Å². The number of hydrogen-bond donors (Lipinski definition) is 0. The van der Waals surface area contributed by atoms with E-state index >= 15 is 0 Å². The normalized spacial score (nSPS) is 17.6. The number of likely N-dealkylation sites (N-methyl/N-ethyl adjacent to an activating group) is 1. The third-order valence-electron chi connectivity index (χ3n) is 6.00. The maximum atomic E-state index is 12.8. The zero-order chi connectivity index (χ0) is 24.5. The maximum absolute atomic E-state index is 12.8. The molecule has 4 rings (SSSR count). The van der Waals surface area contributed by atoms with Gasteiger partial charge in [0.05, 0.1) is 24.0 Å². The fraction of sp³-hybridized carbons (Fsp3) is 0.522. The van der Waals surface area contributed by atoms with Gasteiger partial charge < -0.3 is 9.80 Å². The van der Waals surface area contributed by atoms with E-state index in [0.29, 0.717) is 12.4 Å². The monoisotopic (exact) mass is 476 g/mol. The molecule has 0 spiro atoms. The molecule has 0 radical (unpaired) electrons. The van der Waals surface area contributed by atoms with Crippen LogP contribution in [0.5, 0.6) is 0 Å². The van der Waals surface area contributed by atoms with Gasteiger partial charge in [0.1, 0.15) is 5.82 Å². The third-order valence-corrected chi connectivity index (χ3v) is 6.00. The highest BCUT2D eigenvalue weighted by Gasteiger charge is 2.31. The van der Waals surface area contributed by atoms with Gasteiger partial charge in [0, 0.05) is 62.8 Å². The van der Waals surface area contributed by atoms with Crippen molar-refractivity contribution in [3.63, 3.8) is 0 Å². The predicted octanol–water partition coefficient (Wildman–Crippen LogP) is 3.06. The van der Waals surface area contributed by atoms with Crippen molar-refractivity contribution < 1.29 is 13.2 Å². The van der Waals surface area contributed by atoms with Crippen molar-refractivity contribution in [2.45, 2.75) is 39.2 Å². The van der Waals surface area contributed by atoms with Gasteiger partial charge in [-0.25, -0.2) is 14.3 Å². The highest BCUT2D eigenvalue weighted by Crippen LogP contribution is 2.30. The van der Waals surface area contributed by atoms with Crippen molar-refractivity contribution in [2.24, 2.45) is 0 Å². The van der Waals surface area contributed by atoms with Gasteiger partial charge in [-0.1, -0.05) is 0 Å². The van der Waals surface area contributed by atoms with Crippen LogP contribution in [0.3, 0.4) is 0 Å². The Kier molecular flexibility index (Phi) is 6.94. The van der Waals surface area contributed by atoms with Crippen LogP contribution in [0.15, 0.2) is 36.8 Å². The lowest BCUT2D eigenvalue weighted by Crippen LogP contribution is -2.51. The molecule has 0 bridgehead atoms. The SMILES string of the molecule is Cc1cc(-n2cc(CN3CCN(c4ccc(C(F)(F)F)cn4)C(C)C3)cn2)n(CCN(C)C)n1. The van der Waals surface area contributed by atoms with E-state index in [2.05, 4.69) is 36.8 Å². The van der Waals surface area contributed by atoms with Crippen LogP contribution in [0.25, 0.3) is 5.82 Å². The Bertz CT molecular complexity index is 1090. The van der Waals surface area contributed by atoms with Gasteiger partial charge in [0.2, 0.25) is 0 Å². The lowest BCUT2D eigenvalue weighted by Gasteiger charge is -2.40. The van der Waals surface area contributed by atoms with Gasteiger partial charge in [0.25, 0.3) is 0 Å². The molecule has 0 N–H and O–H groups in total. The Morgan fingerprint density at radius 1 is 1.15 bits per heavy atom. The molecule has 11 heteroatoms.